The number of nitrogens with one attached hydrogen (secondary N) is 1. The highest BCUT2D eigenvalue weighted by molar-refractivity contribution is 5.76. The topological polar surface area (TPSA) is 95.9 Å². The number of carbonyl (C=O) groups is 2. The lowest BCUT2D eigenvalue weighted by molar-refractivity contribution is -0.143. The van der Waals surface area contributed by atoms with Crippen LogP contribution in [0.1, 0.15) is 316 Å². The molecule has 0 aliphatic carbocycles. The molecule has 0 saturated carbocycles. The Morgan fingerprint density at radius 1 is 0.406 bits per heavy atom. The van der Waals surface area contributed by atoms with Gasteiger partial charge in [0.05, 0.1) is 25.4 Å². The van der Waals surface area contributed by atoms with Crippen LogP contribution < -0.4 is 5.32 Å². The first kappa shape index (κ1) is 66.8. The van der Waals surface area contributed by atoms with Gasteiger partial charge in [0, 0.05) is 12.8 Å². The molecule has 2 atom stereocenters. The largest absolute Gasteiger partial charge is 0.466 e. The van der Waals surface area contributed by atoms with Gasteiger partial charge in [-0.1, -0.05) is 262 Å². The predicted octanol–water partition coefficient (Wildman–Crippen LogP) is 19.0. The second kappa shape index (κ2) is 58.4. The number of allylic oxidation sites excluding steroid dienone is 7. The van der Waals surface area contributed by atoms with Crippen molar-refractivity contribution in [2.75, 3.05) is 13.2 Å². The zero-order chi connectivity index (χ0) is 50.0. The van der Waals surface area contributed by atoms with Gasteiger partial charge in [-0.25, -0.2) is 0 Å². The van der Waals surface area contributed by atoms with Gasteiger partial charge in [-0.05, 0) is 89.9 Å². The minimum Gasteiger partial charge on any atom is -0.466 e. The number of hydrogen-bond donors (Lipinski definition) is 3. The minimum absolute atomic E-state index is 0.0247. The standard InChI is InChI=1S/C63H117NO5/c1-3-5-7-9-11-13-15-17-19-21-22-23-24-25-27-31-35-39-43-47-51-55-61(66)60(59-65)64-62(67)56-52-48-44-40-36-32-28-26-30-34-38-42-46-50-54-58-69-63(68)57-53-49-45-41-37-33-29-20-18-16-14-12-10-8-6-4-2/h14,16,20,29-30,34,51,55,60-61,65-66H,3-13,15,17-19,21-28,31-33,35-50,52-54,56-59H2,1-2H3,(H,64,67)/b16-14-,29-20-,34-30-,55-51+. The highest BCUT2D eigenvalue weighted by atomic mass is 16.5. The molecule has 3 N–H and O–H groups in total. The Kier molecular flexibility index (Phi) is 56.5. The van der Waals surface area contributed by atoms with Crippen molar-refractivity contribution in [1.29, 1.82) is 0 Å². The van der Waals surface area contributed by atoms with Crippen molar-refractivity contribution in [3.8, 4) is 0 Å². The van der Waals surface area contributed by atoms with E-state index in [1.807, 2.05) is 6.08 Å². The van der Waals surface area contributed by atoms with Crippen molar-refractivity contribution in [3.63, 3.8) is 0 Å². The number of unbranched alkanes of at least 4 members (excludes halogenated alkanes) is 39. The molecule has 0 aromatic heterocycles. The van der Waals surface area contributed by atoms with E-state index >= 15 is 0 Å². The van der Waals surface area contributed by atoms with Crippen molar-refractivity contribution in [2.24, 2.45) is 0 Å². The van der Waals surface area contributed by atoms with Gasteiger partial charge in [0.1, 0.15) is 0 Å². The molecular weight excluding hydrogens is 851 g/mol. The van der Waals surface area contributed by atoms with Crippen molar-refractivity contribution in [1.82, 2.24) is 5.32 Å². The Balaban J connectivity index is 3.52. The normalized spacial score (nSPS) is 12.9. The molecule has 2 unspecified atom stereocenters. The summed E-state index contributed by atoms with van der Waals surface area (Å²) in [5.74, 6) is -0.107. The van der Waals surface area contributed by atoms with E-state index in [4.69, 9.17) is 4.74 Å². The fraction of sp³-hybridized carbons (Fsp3) is 0.841. The lowest BCUT2D eigenvalue weighted by Gasteiger charge is -2.20. The van der Waals surface area contributed by atoms with Crippen LogP contribution in [0.25, 0.3) is 0 Å². The Bertz CT molecular complexity index is 1160. The lowest BCUT2D eigenvalue weighted by Crippen LogP contribution is -2.45. The Labute approximate surface area is 429 Å². The second-order valence-electron chi connectivity index (χ2n) is 20.7. The average molecular weight is 969 g/mol. The number of aliphatic hydroxyl groups excluding tert-OH is 2. The third-order valence-corrected chi connectivity index (χ3v) is 13.8. The molecule has 69 heavy (non-hydrogen) atoms. The maximum atomic E-state index is 12.5. The number of amides is 1. The summed E-state index contributed by atoms with van der Waals surface area (Å²) in [6.45, 7) is 4.86. The van der Waals surface area contributed by atoms with Crippen LogP contribution in [0.5, 0.6) is 0 Å². The summed E-state index contributed by atoms with van der Waals surface area (Å²) < 4.78 is 5.46. The van der Waals surface area contributed by atoms with Crippen molar-refractivity contribution >= 4 is 11.9 Å². The zero-order valence-corrected chi connectivity index (χ0v) is 46.0. The molecule has 0 fully saturated rings. The first-order valence-electron chi connectivity index (χ1n) is 30.4. The molecule has 0 aliphatic rings. The van der Waals surface area contributed by atoms with E-state index in [0.717, 1.165) is 83.5 Å². The van der Waals surface area contributed by atoms with Crippen molar-refractivity contribution in [2.45, 2.75) is 328 Å². The van der Waals surface area contributed by atoms with Gasteiger partial charge in [-0.3, -0.25) is 9.59 Å². The van der Waals surface area contributed by atoms with Crippen LogP contribution in [0.3, 0.4) is 0 Å². The number of hydrogen-bond acceptors (Lipinski definition) is 5. The quantitative estimate of drug-likeness (QED) is 0.0321. The van der Waals surface area contributed by atoms with E-state index in [9.17, 15) is 19.8 Å². The highest BCUT2D eigenvalue weighted by Gasteiger charge is 2.18. The van der Waals surface area contributed by atoms with E-state index in [2.05, 4.69) is 55.6 Å². The van der Waals surface area contributed by atoms with E-state index < -0.39 is 12.1 Å². The predicted molar refractivity (Wildman–Crippen MR) is 301 cm³/mol. The van der Waals surface area contributed by atoms with Crippen LogP contribution in [0.4, 0.5) is 0 Å². The molecule has 0 bridgehead atoms. The number of esters is 1. The fourth-order valence-electron chi connectivity index (χ4n) is 9.13. The van der Waals surface area contributed by atoms with Crippen LogP contribution in [0.2, 0.25) is 0 Å². The SMILES string of the molecule is CCCCCC/C=C\C/C=C\CCCCCCCC(=O)OCCCCCC/C=C\CCCCCCCCCC(=O)NC(CO)C(O)/C=C/CCCCCCCCCCCCCCCCCCCCC. The molecule has 1 amide bonds. The fourth-order valence-corrected chi connectivity index (χ4v) is 9.13. The number of ether oxygens (including phenoxy) is 1. The van der Waals surface area contributed by atoms with Gasteiger partial charge >= 0.3 is 5.97 Å². The third-order valence-electron chi connectivity index (χ3n) is 13.8. The summed E-state index contributed by atoms with van der Waals surface area (Å²) in [5, 5.41) is 23.2. The maximum absolute atomic E-state index is 12.5. The maximum Gasteiger partial charge on any atom is 0.305 e. The molecule has 0 aliphatic heterocycles. The summed E-state index contributed by atoms with van der Waals surface area (Å²) in [6, 6.07) is -0.642. The summed E-state index contributed by atoms with van der Waals surface area (Å²) >= 11 is 0. The van der Waals surface area contributed by atoms with Crippen LogP contribution >= 0.6 is 0 Å². The van der Waals surface area contributed by atoms with Crippen LogP contribution in [-0.2, 0) is 14.3 Å². The summed E-state index contributed by atoms with van der Waals surface area (Å²) in [6.07, 6.45) is 74.2. The van der Waals surface area contributed by atoms with E-state index in [-0.39, 0.29) is 18.5 Å². The van der Waals surface area contributed by atoms with Gasteiger partial charge in [0.25, 0.3) is 0 Å². The van der Waals surface area contributed by atoms with Crippen molar-refractivity contribution in [3.05, 3.63) is 48.6 Å². The molecule has 0 aromatic rings. The number of aliphatic hydroxyl groups is 2. The van der Waals surface area contributed by atoms with Crippen LogP contribution in [0, 0.1) is 0 Å². The molecular formula is C63H117NO5. The Hall–Kier alpha value is -2.18. The van der Waals surface area contributed by atoms with Gasteiger partial charge < -0.3 is 20.3 Å². The van der Waals surface area contributed by atoms with Gasteiger partial charge in [0.2, 0.25) is 5.91 Å². The van der Waals surface area contributed by atoms with Gasteiger partial charge in [-0.2, -0.15) is 0 Å². The Morgan fingerprint density at radius 2 is 0.725 bits per heavy atom. The summed E-state index contributed by atoms with van der Waals surface area (Å²) in [4.78, 5) is 24.5. The molecule has 0 spiro atoms. The number of rotatable bonds is 56. The van der Waals surface area contributed by atoms with E-state index in [1.165, 1.54) is 205 Å². The van der Waals surface area contributed by atoms with Gasteiger partial charge in [0.15, 0.2) is 0 Å². The lowest BCUT2D eigenvalue weighted by atomic mass is 10.0. The van der Waals surface area contributed by atoms with Crippen LogP contribution in [0.15, 0.2) is 48.6 Å². The molecule has 6 heteroatoms. The molecule has 0 saturated heterocycles. The molecule has 0 rings (SSSR count). The molecule has 404 valence electrons. The number of carbonyl (C=O) groups excluding carboxylic acids is 2. The highest BCUT2D eigenvalue weighted by Crippen LogP contribution is 2.16. The molecule has 0 heterocycles. The average Bonchev–Trinajstić information content (AvgIpc) is 3.35. The molecule has 0 aromatic carbocycles. The van der Waals surface area contributed by atoms with Crippen LogP contribution in [-0.4, -0.2) is 47.4 Å². The molecule has 6 nitrogen and oxygen atoms in total. The van der Waals surface area contributed by atoms with Crippen molar-refractivity contribution < 1.29 is 24.5 Å². The second-order valence-corrected chi connectivity index (χ2v) is 20.7. The van der Waals surface area contributed by atoms with E-state index in [0.29, 0.717) is 19.4 Å². The zero-order valence-electron chi connectivity index (χ0n) is 46.0. The first-order valence-corrected chi connectivity index (χ1v) is 30.4. The summed E-state index contributed by atoms with van der Waals surface area (Å²) in [7, 11) is 0. The minimum atomic E-state index is -0.857. The third kappa shape index (κ3) is 55.0. The van der Waals surface area contributed by atoms with Gasteiger partial charge in [-0.15, -0.1) is 0 Å². The first-order chi connectivity index (χ1) is 34.0. The smallest absolute Gasteiger partial charge is 0.305 e. The van der Waals surface area contributed by atoms with E-state index in [1.54, 1.807) is 6.08 Å². The molecule has 0 radical (unpaired) electrons. The Morgan fingerprint density at radius 3 is 1.13 bits per heavy atom. The summed E-state index contributed by atoms with van der Waals surface area (Å²) in [5.41, 5.74) is 0. The monoisotopic (exact) mass is 968 g/mol.